The summed E-state index contributed by atoms with van der Waals surface area (Å²) >= 11 is 1.42. The summed E-state index contributed by atoms with van der Waals surface area (Å²) in [5.74, 6) is -3.30. The zero-order valence-corrected chi connectivity index (χ0v) is 48.4. The summed E-state index contributed by atoms with van der Waals surface area (Å²) in [5, 5.41) is 18.1. The Hall–Kier alpha value is -6.63. The molecule has 1 fully saturated rings. The van der Waals surface area contributed by atoms with Gasteiger partial charge in [-0.05, 0) is 132 Å². The number of fused-ring (bicyclic) bond motifs is 2. The number of thioether (sulfide) groups is 1. The van der Waals surface area contributed by atoms with Gasteiger partial charge in [-0.15, -0.1) is 0 Å². The van der Waals surface area contributed by atoms with E-state index in [1.807, 2.05) is 83.3 Å². The number of carbonyl (C=O) groups is 7. The van der Waals surface area contributed by atoms with Gasteiger partial charge >= 0.3 is 0 Å². The zero-order chi connectivity index (χ0) is 57.5. The fraction of sp³-hybridized carbons (Fsp3) is 0.492. The fourth-order valence-electron chi connectivity index (χ4n) is 10.8. The molecule has 0 aromatic heterocycles. The number of rotatable bonds is 19. The number of halogens is 1. The van der Waals surface area contributed by atoms with Crippen LogP contribution in [0.5, 0.6) is 0 Å². The Morgan fingerprint density at radius 3 is 1.91 bits per heavy atom. The molecular weight excluding hydrogens is 1020 g/mol. The highest BCUT2D eigenvalue weighted by Gasteiger charge is 2.48. The third-order valence-corrected chi connectivity index (χ3v) is 17.5. The number of aryl methyl sites for hydroxylation is 1. The number of carbonyl (C=O) groups excluding carboxylic acids is 7. The second-order valence-corrected chi connectivity index (χ2v) is 24.4. The van der Waals surface area contributed by atoms with Crippen molar-refractivity contribution in [1.29, 1.82) is 0 Å². The molecule has 424 valence electrons. The lowest BCUT2D eigenvalue weighted by molar-refractivity contribution is -0.151. The Kier molecular flexibility index (Phi) is 19.5. The monoisotopic (exact) mass is 1100 g/mol. The van der Waals surface area contributed by atoms with Gasteiger partial charge in [0, 0.05) is 48.0 Å². The molecule has 3 aliphatic rings. The number of likely N-dealkylation sites (N-methyl/N-ethyl adjacent to an activating group) is 2. The van der Waals surface area contributed by atoms with Gasteiger partial charge in [-0.1, -0.05) is 99.6 Å². The highest BCUT2D eigenvalue weighted by atomic mass is 32.2. The maximum absolute atomic E-state index is 15.8. The van der Waals surface area contributed by atoms with E-state index >= 15 is 14.0 Å². The normalized spacial score (nSPS) is 20.1. The van der Waals surface area contributed by atoms with Gasteiger partial charge in [-0.3, -0.25) is 33.6 Å². The van der Waals surface area contributed by atoms with E-state index in [-0.39, 0.29) is 67.4 Å². The van der Waals surface area contributed by atoms with Crippen LogP contribution in [0, 0.1) is 11.2 Å². The molecule has 0 bridgehead atoms. The standard InChI is InChI=1S/C61H80FN9O7S/c1-36(63-9)53(72)67-51(60(4,5)6)58(77)71-35-44(32-49(71)56(75)66-48-26-18-22-40-19-14-15-24-46(40)48)65-55(74)41-29-27-39(28-30-41)33-69(38(3)45-23-16-17-25-47(45)62)57(76)50-31-42-20-12-13-21-43(42)34-70(50)59(78)52(61(7,8)79-11)68-54(73)37(2)64-10/h12-17,19-21,23-25,27-30,36-38,44,48-52,63-64H,18,22,26,31-35H2,1-11H3,(H,65,74)(H,66,75)(H,67,72)(H,68,73)/t36-,37-,38+,44?,48?,49?,50?,51?,52?/m0/s1. The van der Waals surface area contributed by atoms with Gasteiger partial charge in [0.1, 0.15) is 30.0 Å². The minimum atomic E-state index is -1.03. The molecule has 0 radical (unpaired) electrons. The summed E-state index contributed by atoms with van der Waals surface area (Å²) in [7, 11) is 3.32. The summed E-state index contributed by atoms with van der Waals surface area (Å²) < 4.78 is 15.0. The van der Waals surface area contributed by atoms with Crippen LogP contribution in [0.2, 0.25) is 0 Å². The molecular formula is C61H80FN9O7S. The van der Waals surface area contributed by atoms with E-state index in [4.69, 9.17) is 0 Å². The molecule has 2 aliphatic heterocycles. The molecule has 0 saturated carbocycles. The second-order valence-electron chi connectivity index (χ2n) is 23.0. The van der Waals surface area contributed by atoms with Crippen LogP contribution in [0.4, 0.5) is 4.39 Å². The van der Waals surface area contributed by atoms with Crippen molar-refractivity contribution in [2.24, 2.45) is 5.41 Å². The van der Waals surface area contributed by atoms with E-state index in [0.717, 1.165) is 36.0 Å². The van der Waals surface area contributed by atoms with Crippen molar-refractivity contribution in [2.45, 2.75) is 160 Å². The number of hydrogen-bond donors (Lipinski definition) is 6. The Morgan fingerprint density at radius 2 is 1.29 bits per heavy atom. The van der Waals surface area contributed by atoms with Crippen LogP contribution in [0.1, 0.15) is 130 Å². The van der Waals surface area contributed by atoms with Crippen molar-refractivity contribution in [3.63, 3.8) is 0 Å². The van der Waals surface area contributed by atoms with Gasteiger partial charge in [0.15, 0.2) is 0 Å². The molecule has 9 atom stereocenters. The topological polar surface area (TPSA) is 201 Å². The quantitative estimate of drug-likeness (QED) is 0.0635. The summed E-state index contributed by atoms with van der Waals surface area (Å²) in [6.45, 7) is 14.6. The predicted molar refractivity (Wildman–Crippen MR) is 306 cm³/mol. The lowest BCUT2D eigenvalue weighted by atomic mass is 9.85. The van der Waals surface area contributed by atoms with Crippen molar-refractivity contribution in [3.8, 4) is 0 Å². The average molecular weight is 1100 g/mol. The van der Waals surface area contributed by atoms with E-state index in [1.54, 1.807) is 87.1 Å². The summed E-state index contributed by atoms with van der Waals surface area (Å²) in [5.41, 5.74) is 4.42. The number of amides is 7. The molecule has 4 aromatic carbocycles. The van der Waals surface area contributed by atoms with E-state index in [2.05, 4.69) is 38.0 Å². The van der Waals surface area contributed by atoms with Crippen LogP contribution in [-0.2, 0) is 54.7 Å². The van der Waals surface area contributed by atoms with Crippen LogP contribution in [0.25, 0.3) is 0 Å². The molecule has 2 heterocycles. The van der Waals surface area contributed by atoms with Gasteiger partial charge in [-0.25, -0.2) is 4.39 Å². The predicted octanol–water partition coefficient (Wildman–Crippen LogP) is 6.14. The lowest BCUT2D eigenvalue weighted by Gasteiger charge is -2.43. The summed E-state index contributed by atoms with van der Waals surface area (Å²) in [4.78, 5) is 105. The van der Waals surface area contributed by atoms with Crippen molar-refractivity contribution < 1.29 is 38.0 Å². The van der Waals surface area contributed by atoms with E-state index in [9.17, 15) is 24.0 Å². The molecule has 6 unspecified atom stereocenters. The average Bonchev–Trinajstić information content (AvgIpc) is 3.91. The molecule has 0 spiro atoms. The molecule has 7 rings (SSSR count). The fourth-order valence-corrected chi connectivity index (χ4v) is 11.2. The Balaban J connectivity index is 1.15. The molecule has 79 heavy (non-hydrogen) atoms. The third kappa shape index (κ3) is 13.9. The highest BCUT2D eigenvalue weighted by Crippen LogP contribution is 2.35. The second kappa shape index (κ2) is 25.7. The lowest BCUT2D eigenvalue weighted by Crippen LogP contribution is -2.63. The largest absolute Gasteiger partial charge is 0.347 e. The minimum absolute atomic E-state index is 0.0131. The first-order chi connectivity index (χ1) is 37.5. The van der Waals surface area contributed by atoms with E-state index in [0.29, 0.717) is 5.56 Å². The molecule has 16 nitrogen and oxygen atoms in total. The van der Waals surface area contributed by atoms with Crippen LogP contribution >= 0.6 is 11.8 Å². The Morgan fingerprint density at radius 1 is 0.709 bits per heavy atom. The van der Waals surface area contributed by atoms with Crippen molar-refractivity contribution in [1.82, 2.24) is 46.6 Å². The van der Waals surface area contributed by atoms with Gasteiger partial charge in [0.25, 0.3) is 5.91 Å². The number of hydrogen-bond acceptors (Lipinski definition) is 10. The summed E-state index contributed by atoms with van der Waals surface area (Å²) in [6, 6.07) is 21.8. The Bertz CT molecular complexity index is 2880. The number of likely N-dealkylation sites (tertiary alicyclic amines) is 1. The summed E-state index contributed by atoms with van der Waals surface area (Å²) in [6.07, 6.45) is 4.70. The number of nitrogens with one attached hydrogen (secondary N) is 6. The van der Waals surface area contributed by atoms with Gasteiger partial charge < -0.3 is 46.6 Å². The van der Waals surface area contributed by atoms with Gasteiger partial charge in [-0.2, -0.15) is 11.8 Å². The third-order valence-electron chi connectivity index (χ3n) is 16.2. The van der Waals surface area contributed by atoms with Crippen LogP contribution in [-0.4, -0.2) is 130 Å². The van der Waals surface area contributed by atoms with Crippen LogP contribution < -0.4 is 31.9 Å². The Labute approximate surface area is 469 Å². The maximum Gasteiger partial charge on any atom is 0.251 e. The molecule has 1 aliphatic carbocycles. The van der Waals surface area contributed by atoms with Crippen molar-refractivity contribution >= 4 is 53.1 Å². The van der Waals surface area contributed by atoms with E-state index < -0.39 is 87.9 Å². The first-order valence-electron chi connectivity index (χ1n) is 27.5. The highest BCUT2D eigenvalue weighted by molar-refractivity contribution is 8.00. The van der Waals surface area contributed by atoms with Gasteiger partial charge in [0.2, 0.25) is 35.4 Å². The molecule has 6 N–H and O–H groups in total. The molecule has 1 saturated heterocycles. The van der Waals surface area contributed by atoms with Crippen molar-refractivity contribution in [3.05, 3.63) is 142 Å². The smallest absolute Gasteiger partial charge is 0.251 e. The first-order valence-corrected chi connectivity index (χ1v) is 28.7. The molecule has 4 aromatic rings. The SMILES string of the molecule is CN[C@@H](C)C(=O)NC(C(=O)N1CC(NC(=O)c2ccc(CN(C(=O)C3Cc4ccccc4CN3C(=O)C(NC(=O)[C@H](C)NC)C(C)(C)SC)[C@H](C)c3ccccc3F)cc2)CC1C(=O)NC1CCCc2ccccc21)C(C)(C)C. The number of nitrogens with zero attached hydrogens (tertiary/aromatic N) is 3. The molecule has 7 amide bonds. The van der Waals surface area contributed by atoms with Crippen molar-refractivity contribution in [2.75, 3.05) is 26.9 Å². The number of benzene rings is 4. The first kappa shape index (κ1) is 60.0. The minimum Gasteiger partial charge on any atom is -0.347 e. The van der Waals surface area contributed by atoms with Crippen LogP contribution in [0.15, 0.2) is 97.1 Å². The maximum atomic E-state index is 15.8. The van der Waals surface area contributed by atoms with E-state index in [1.165, 1.54) is 28.3 Å². The molecule has 18 heteroatoms. The zero-order valence-electron chi connectivity index (χ0n) is 47.6. The van der Waals surface area contributed by atoms with Gasteiger partial charge in [0.05, 0.1) is 24.2 Å². The van der Waals surface area contributed by atoms with Crippen LogP contribution in [0.3, 0.4) is 0 Å².